The highest BCUT2D eigenvalue weighted by molar-refractivity contribution is 5.86. The highest BCUT2D eigenvalue weighted by atomic mass is 16.3. The topological polar surface area (TPSA) is 58.0 Å². The largest absolute Gasteiger partial charge is 0.505 e. The summed E-state index contributed by atoms with van der Waals surface area (Å²) in [6.07, 6.45) is 0. The van der Waals surface area contributed by atoms with E-state index in [0.29, 0.717) is 5.52 Å². The molecule has 4 nitrogen and oxygen atoms in total. The molecule has 0 saturated heterocycles. The fourth-order valence-electron chi connectivity index (χ4n) is 3.52. The second-order valence-corrected chi connectivity index (χ2v) is 7.13. The summed E-state index contributed by atoms with van der Waals surface area (Å²) in [6.45, 7) is 5.97. The zero-order valence-corrected chi connectivity index (χ0v) is 16.3. The van der Waals surface area contributed by atoms with Gasteiger partial charge in [-0.2, -0.15) is 0 Å². The second kappa shape index (κ2) is 7.31. The van der Waals surface area contributed by atoms with Gasteiger partial charge in [-0.3, -0.25) is 0 Å². The highest BCUT2D eigenvalue weighted by Crippen LogP contribution is 2.37. The molecule has 0 saturated carbocycles. The van der Waals surface area contributed by atoms with Gasteiger partial charge in [0.25, 0.3) is 0 Å². The Bertz CT molecular complexity index is 1150. The van der Waals surface area contributed by atoms with E-state index in [-0.39, 0.29) is 11.8 Å². The van der Waals surface area contributed by atoms with Gasteiger partial charge in [0.05, 0.1) is 6.04 Å². The maximum atomic E-state index is 11.1. The average Bonchev–Trinajstić information content (AvgIpc) is 2.68. The van der Waals surface area contributed by atoms with E-state index in [1.807, 2.05) is 68.4 Å². The van der Waals surface area contributed by atoms with Crippen LogP contribution in [0.3, 0.4) is 0 Å². The molecule has 2 heterocycles. The number of rotatable bonds is 4. The van der Waals surface area contributed by atoms with Crippen molar-refractivity contribution in [2.75, 3.05) is 5.32 Å². The summed E-state index contributed by atoms with van der Waals surface area (Å²) in [4.78, 5) is 9.15. The molecule has 28 heavy (non-hydrogen) atoms. The van der Waals surface area contributed by atoms with Crippen LogP contribution in [0.25, 0.3) is 10.9 Å². The number of hydrogen-bond donors (Lipinski definition) is 2. The van der Waals surface area contributed by atoms with Gasteiger partial charge in [0, 0.05) is 22.3 Å². The molecule has 4 heteroatoms. The number of aromatic hydroxyl groups is 1. The van der Waals surface area contributed by atoms with E-state index in [4.69, 9.17) is 0 Å². The maximum Gasteiger partial charge on any atom is 0.147 e. The number of hydrogen-bond acceptors (Lipinski definition) is 4. The van der Waals surface area contributed by atoms with Crippen molar-refractivity contribution >= 4 is 16.7 Å². The quantitative estimate of drug-likeness (QED) is 0.501. The number of pyridine rings is 2. The fourth-order valence-corrected chi connectivity index (χ4v) is 3.52. The van der Waals surface area contributed by atoms with E-state index in [2.05, 4.69) is 34.3 Å². The molecular formula is C24H23N3O. The van der Waals surface area contributed by atoms with Crippen LogP contribution in [0.2, 0.25) is 0 Å². The lowest BCUT2D eigenvalue weighted by Crippen LogP contribution is -2.15. The smallest absolute Gasteiger partial charge is 0.147 e. The molecule has 0 aliphatic heterocycles. The number of aryl methyl sites for hydroxylation is 3. The van der Waals surface area contributed by atoms with Crippen molar-refractivity contribution in [1.29, 1.82) is 0 Å². The van der Waals surface area contributed by atoms with E-state index in [9.17, 15) is 5.11 Å². The molecule has 0 amide bonds. The van der Waals surface area contributed by atoms with Gasteiger partial charge in [-0.25, -0.2) is 9.97 Å². The first-order valence-electron chi connectivity index (χ1n) is 9.38. The summed E-state index contributed by atoms with van der Waals surface area (Å²) < 4.78 is 0. The Morgan fingerprint density at radius 2 is 1.50 bits per heavy atom. The van der Waals surface area contributed by atoms with E-state index in [0.717, 1.165) is 39.3 Å². The van der Waals surface area contributed by atoms with Crippen molar-refractivity contribution in [2.24, 2.45) is 0 Å². The Morgan fingerprint density at radius 3 is 2.29 bits per heavy atom. The van der Waals surface area contributed by atoms with Gasteiger partial charge in [0.15, 0.2) is 0 Å². The first-order valence-corrected chi connectivity index (χ1v) is 9.38. The molecule has 4 rings (SSSR count). The van der Waals surface area contributed by atoms with Crippen LogP contribution in [0.4, 0.5) is 5.82 Å². The Balaban J connectivity index is 1.89. The van der Waals surface area contributed by atoms with Gasteiger partial charge in [0.2, 0.25) is 0 Å². The summed E-state index contributed by atoms with van der Waals surface area (Å²) in [6, 6.07) is 21.7. The van der Waals surface area contributed by atoms with Gasteiger partial charge in [-0.15, -0.1) is 0 Å². The normalized spacial score (nSPS) is 12.1. The Labute approximate surface area is 164 Å². The Morgan fingerprint density at radius 1 is 0.750 bits per heavy atom. The lowest BCUT2D eigenvalue weighted by Gasteiger charge is -2.23. The Hall–Kier alpha value is -3.40. The van der Waals surface area contributed by atoms with E-state index in [1.54, 1.807) is 0 Å². The average molecular weight is 369 g/mol. The minimum absolute atomic E-state index is 0.203. The number of nitrogens with one attached hydrogen (secondary N) is 1. The summed E-state index contributed by atoms with van der Waals surface area (Å²) in [5.41, 5.74) is 5.45. The predicted octanol–water partition coefficient (Wildman–Crippen LogP) is 5.46. The number of nitrogens with zero attached hydrogens (tertiary/aromatic N) is 2. The first kappa shape index (κ1) is 18.0. The van der Waals surface area contributed by atoms with Crippen molar-refractivity contribution in [3.63, 3.8) is 0 Å². The van der Waals surface area contributed by atoms with Crippen LogP contribution < -0.4 is 5.32 Å². The van der Waals surface area contributed by atoms with Crippen molar-refractivity contribution in [3.05, 3.63) is 94.8 Å². The molecule has 0 aliphatic carbocycles. The minimum atomic E-state index is -0.248. The van der Waals surface area contributed by atoms with Gasteiger partial charge >= 0.3 is 0 Å². The van der Waals surface area contributed by atoms with Gasteiger partial charge < -0.3 is 10.4 Å². The molecule has 0 aliphatic rings. The maximum absolute atomic E-state index is 11.1. The molecule has 0 unspecified atom stereocenters. The van der Waals surface area contributed by atoms with E-state index in [1.165, 1.54) is 0 Å². The highest BCUT2D eigenvalue weighted by Gasteiger charge is 2.21. The molecule has 140 valence electrons. The van der Waals surface area contributed by atoms with Crippen LogP contribution in [0, 0.1) is 20.8 Å². The SMILES string of the molecule is Cc1cccc(N[C@@H](c2ccccc2C)c2ccc3ccc(C)nc3c2O)n1. The molecule has 0 radical (unpaired) electrons. The molecule has 0 spiro atoms. The number of fused-ring (bicyclic) bond motifs is 1. The number of anilines is 1. The van der Waals surface area contributed by atoms with Crippen LogP contribution in [0.1, 0.15) is 34.1 Å². The van der Waals surface area contributed by atoms with Gasteiger partial charge in [-0.05, 0) is 50.1 Å². The molecule has 4 aromatic rings. The Kier molecular flexibility index (Phi) is 4.70. The predicted molar refractivity (Wildman–Crippen MR) is 114 cm³/mol. The van der Waals surface area contributed by atoms with Crippen molar-refractivity contribution < 1.29 is 5.11 Å². The molecular weight excluding hydrogens is 346 g/mol. The summed E-state index contributed by atoms with van der Waals surface area (Å²) >= 11 is 0. The zero-order valence-electron chi connectivity index (χ0n) is 16.3. The number of benzene rings is 2. The first-order chi connectivity index (χ1) is 13.5. The van der Waals surface area contributed by atoms with E-state index < -0.39 is 0 Å². The number of phenolic OH excluding ortho intramolecular Hbond substituents is 1. The van der Waals surface area contributed by atoms with Crippen LogP contribution in [-0.2, 0) is 0 Å². The van der Waals surface area contributed by atoms with Crippen LogP contribution in [0.5, 0.6) is 5.75 Å². The standard InChI is InChI=1S/C24H23N3O/c1-15-7-4-5-9-19(15)23(27-21-10-6-8-16(2)25-21)20-14-13-18-12-11-17(3)26-22(18)24(20)28/h4-14,23,28H,1-3H3,(H,25,27)/t23-/m0/s1. The van der Waals surface area contributed by atoms with Gasteiger partial charge in [-0.1, -0.05) is 48.5 Å². The fraction of sp³-hybridized carbons (Fsp3) is 0.167. The third-order valence-electron chi connectivity index (χ3n) is 5.00. The number of phenols is 1. The van der Waals surface area contributed by atoms with Gasteiger partial charge in [0.1, 0.15) is 17.1 Å². The molecule has 1 atom stereocenters. The molecule has 0 bridgehead atoms. The van der Waals surface area contributed by atoms with Crippen molar-refractivity contribution in [1.82, 2.24) is 9.97 Å². The summed E-state index contributed by atoms with van der Waals surface area (Å²) in [7, 11) is 0. The third kappa shape index (κ3) is 3.41. The molecule has 2 aromatic carbocycles. The lowest BCUT2D eigenvalue weighted by atomic mass is 9.93. The lowest BCUT2D eigenvalue weighted by molar-refractivity contribution is 0.471. The van der Waals surface area contributed by atoms with Crippen molar-refractivity contribution in [3.8, 4) is 5.75 Å². The number of aromatic nitrogens is 2. The third-order valence-corrected chi connectivity index (χ3v) is 5.00. The summed E-state index contributed by atoms with van der Waals surface area (Å²) in [5.74, 6) is 0.972. The second-order valence-electron chi connectivity index (χ2n) is 7.13. The monoisotopic (exact) mass is 369 g/mol. The molecule has 2 aromatic heterocycles. The summed E-state index contributed by atoms with van der Waals surface area (Å²) in [5, 5.41) is 15.5. The molecule has 2 N–H and O–H groups in total. The van der Waals surface area contributed by atoms with Crippen molar-refractivity contribution in [2.45, 2.75) is 26.8 Å². The van der Waals surface area contributed by atoms with Crippen LogP contribution in [0.15, 0.2) is 66.7 Å². The van der Waals surface area contributed by atoms with Crippen LogP contribution >= 0.6 is 0 Å². The minimum Gasteiger partial charge on any atom is -0.505 e. The van der Waals surface area contributed by atoms with Crippen LogP contribution in [-0.4, -0.2) is 15.1 Å². The zero-order chi connectivity index (χ0) is 19.7. The van der Waals surface area contributed by atoms with E-state index >= 15 is 0 Å². The molecule has 0 fully saturated rings.